The SMILES string of the molecule is O/N=C/c1cc(OC(F)(F)F)ccc1F. The highest BCUT2D eigenvalue weighted by molar-refractivity contribution is 5.80. The molecule has 1 rings (SSSR count). The number of hydrogen-bond donors (Lipinski definition) is 1. The molecular formula is C8H5F4NO2. The summed E-state index contributed by atoms with van der Waals surface area (Å²) >= 11 is 0. The van der Waals surface area contributed by atoms with Crippen molar-refractivity contribution in [2.45, 2.75) is 6.36 Å². The Kier molecular flexibility index (Phi) is 3.13. The highest BCUT2D eigenvalue weighted by atomic mass is 19.4. The van der Waals surface area contributed by atoms with Gasteiger partial charge in [-0.25, -0.2) is 4.39 Å². The summed E-state index contributed by atoms with van der Waals surface area (Å²) in [4.78, 5) is 0. The average molecular weight is 223 g/mol. The van der Waals surface area contributed by atoms with E-state index in [4.69, 9.17) is 5.21 Å². The third kappa shape index (κ3) is 3.45. The molecule has 0 heterocycles. The molecule has 7 heteroatoms. The molecule has 1 N–H and O–H groups in total. The zero-order valence-electron chi connectivity index (χ0n) is 7.12. The van der Waals surface area contributed by atoms with E-state index in [0.717, 1.165) is 18.2 Å². The molecule has 0 aliphatic rings. The Balaban J connectivity index is 2.97. The second-order valence-electron chi connectivity index (χ2n) is 2.48. The normalized spacial score (nSPS) is 12.0. The summed E-state index contributed by atoms with van der Waals surface area (Å²) in [5, 5.41) is 10.6. The first-order chi connectivity index (χ1) is 6.92. The molecule has 1 aromatic rings. The average Bonchev–Trinajstić information content (AvgIpc) is 2.09. The lowest BCUT2D eigenvalue weighted by Crippen LogP contribution is -2.17. The van der Waals surface area contributed by atoms with E-state index in [1.807, 2.05) is 0 Å². The van der Waals surface area contributed by atoms with Crippen molar-refractivity contribution in [1.29, 1.82) is 0 Å². The fraction of sp³-hybridized carbons (Fsp3) is 0.125. The Hall–Kier alpha value is -1.79. The first-order valence-corrected chi connectivity index (χ1v) is 3.65. The van der Waals surface area contributed by atoms with Crippen LogP contribution in [0.25, 0.3) is 0 Å². The Morgan fingerprint density at radius 1 is 1.33 bits per heavy atom. The minimum absolute atomic E-state index is 0.306. The van der Waals surface area contributed by atoms with Gasteiger partial charge in [-0.2, -0.15) is 0 Å². The van der Waals surface area contributed by atoms with E-state index in [2.05, 4.69) is 9.89 Å². The molecule has 0 unspecified atom stereocenters. The molecule has 0 atom stereocenters. The van der Waals surface area contributed by atoms with E-state index >= 15 is 0 Å². The minimum Gasteiger partial charge on any atom is -0.411 e. The summed E-state index contributed by atoms with van der Waals surface area (Å²) in [7, 11) is 0. The van der Waals surface area contributed by atoms with Crippen LogP contribution in [0.4, 0.5) is 17.6 Å². The van der Waals surface area contributed by atoms with Crippen molar-refractivity contribution in [1.82, 2.24) is 0 Å². The molecule has 0 aromatic heterocycles. The molecule has 3 nitrogen and oxygen atoms in total. The lowest BCUT2D eigenvalue weighted by Gasteiger charge is -2.09. The second-order valence-corrected chi connectivity index (χ2v) is 2.48. The van der Waals surface area contributed by atoms with Crippen molar-refractivity contribution < 1.29 is 27.5 Å². The molecule has 0 saturated heterocycles. The van der Waals surface area contributed by atoms with Crippen LogP contribution in [0.3, 0.4) is 0 Å². The zero-order chi connectivity index (χ0) is 11.5. The first-order valence-electron chi connectivity index (χ1n) is 3.65. The molecule has 0 spiro atoms. The molecule has 0 amide bonds. The molecule has 1 aromatic carbocycles. The highest BCUT2D eigenvalue weighted by Crippen LogP contribution is 2.23. The summed E-state index contributed by atoms with van der Waals surface area (Å²) in [6.07, 6.45) is -4.18. The minimum atomic E-state index is -4.84. The van der Waals surface area contributed by atoms with Gasteiger partial charge in [-0.05, 0) is 18.2 Å². The van der Waals surface area contributed by atoms with Crippen molar-refractivity contribution >= 4 is 6.21 Å². The van der Waals surface area contributed by atoms with Gasteiger partial charge >= 0.3 is 6.36 Å². The molecule has 0 radical (unpaired) electrons. The summed E-state index contributed by atoms with van der Waals surface area (Å²) in [5.41, 5.74) is -0.306. The van der Waals surface area contributed by atoms with Gasteiger partial charge < -0.3 is 9.94 Å². The Labute approximate surface area is 81.6 Å². The van der Waals surface area contributed by atoms with Crippen molar-refractivity contribution in [2.75, 3.05) is 0 Å². The van der Waals surface area contributed by atoms with Gasteiger partial charge in [-0.3, -0.25) is 0 Å². The number of nitrogens with zero attached hydrogens (tertiary/aromatic N) is 1. The van der Waals surface area contributed by atoms with E-state index in [9.17, 15) is 17.6 Å². The number of halogens is 4. The third-order valence-electron chi connectivity index (χ3n) is 1.40. The van der Waals surface area contributed by atoms with Crippen molar-refractivity contribution in [3.05, 3.63) is 29.6 Å². The summed E-state index contributed by atoms with van der Waals surface area (Å²) in [6, 6.07) is 2.36. The second kappa shape index (κ2) is 4.16. The number of oxime groups is 1. The van der Waals surface area contributed by atoms with Crippen LogP contribution in [0.2, 0.25) is 0 Å². The van der Waals surface area contributed by atoms with E-state index in [0.29, 0.717) is 6.21 Å². The van der Waals surface area contributed by atoms with E-state index in [-0.39, 0.29) is 5.56 Å². The molecule has 82 valence electrons. The maximum atomic E-state index is 12.9. The fourth-order valence-corrected chi connectivity index (χ4v) is 0.880. The summed E-state index contributed by atoms with van der Waals surface area (Å²) in [5.74, 6) is -1.40. The van der Waals surface area contributed by atoms with E-state index in [1.54, 1.807) is 0 Å². The van der Waals surface area contributed by atoms with Crippen molar-refractivity contribution in [2.24, 2.45) is 5.16 Å². The van der Waals surface area contributed by atoms with Crippen molar-refractivity contribution in [3.8, 4) is 5.75 Å². The van der Waals surface area contributed by atoms with Gasteiger partial charge in [0.15, 0.2) is 0 Å². The van der Waals surface area contributed by atoms with Gasteiger partial charge in [0.2, 0.25) is 0 Å². The molecule has 0 bridgehead atoms. The van der Waals surface area contributed by atoms with E-state index in [1.165, 1.54) is 0 Å². The summed E-state index contributed by atoms with van der Waals surface area (Å²) < 4.78 is 51.7. The number of hydrogen-bond acceptors (Lipinski definition) is 3. The van der Waals surface area contributed by atoms with Gasteiger partial charge in [0.25, 0.3) is 0 Å². The Morgan fingerprint density at radius 2 is 2.00 bits per heavy atom. The van der Waals surface area contributed by atoms with Crippen LogP contribution < -0.4 is 4.74 Å². The highest BCUT2D eigenvalue weighted by Gasteiger charge is 2.31. The lowest BCUT2D eigenvalue weighted by molar-refractivity contribution is -0.274. The zero-order valence-corrected chi connectivity index (χ0v) is 7.12. The molecular weight excluding hydrogens is 218 g/mol. The van der Waals surface area contributed by atoms with Gasteiger partial charge in [-0.15, -0.1) is 13.2 Å². The maximum Gasteiger partial charge on any atom is 0.573 e. The molecule has 0 aliphatic heterocycles. The molecule has 15 heavy (non-hydrogen) atoms. The van der Waals surface area contributed by atoms with Crippen molar-refractivity contribution in [3.63, 3.8) is 0 Å². The topological polar surface area (TPSA) is 41.8 Å². The van der Waals surface area contributed by atoms with Crippen LogP contribution in [0.15, 0.2) is 23.4 Å². The number of alkyl halides is 3. The third-order valence-corrected chi connectivity index (χ3v) is 1.40. The van der Waals surface area contributed by atoms with Gasteiger partial charge in [0, 0.05) is 5.56 Å². The van der Waals surface area contributed by atoms with Crippen LogP contribution >= 0.6 is 0 Å². The monoisotopic (exact) mass is 223 g/mol. The van der Waals surface area contributed by atoms with Crippen LogP contribution in [-0.4, -0.2) is 17.8 Å². The largest absolute Gasteiger partial charge is 0.573 e. The predicted octanol–water partition coefficient (Wildman–Crippen LogP) is 2.53. The fourth-order valence-electron chi connectivity index (χ4n) is 0.880. The number of ether oxygens (including phenoxy) is 1. The molecule has 0 fully saturated rings. The van der Waals surface area contributed by atoms with Gasteiger partial charge in [0.05, 0.1) is 6.21 Å². The Morgan fingerprint density at radius 3 is 2.53 bits per heavy atom. The number of benzene rings is 1. The van der Waals surface area contributed by atoms with Gasteiger partial charge in [0.1, 0.15) is 11.6 Å². The van der Waals surface area contributed by atoms with Crippen LogP contribution in [-0.2, 0) is 0 Å². The van der Waals surface area contributed by atoms with Crippen LogP contribution in [0.1, 0.15) is 5.56 Å². The maximum absolute atomic E-state index is 12.9. The van der Waals surface area contributed by atoms with Crippen LogP contribution in [0, 0.1) is 5.82 Å². The first kappa shape index (κ1) is 11.3. The summed E-state index contributed by atoms with van der Waals surface area (Å²) in [6.45, 7) is 0. The van der Waals surface area contributed by atoms with Crippen LogP contribution in [0.5, 0.6) is 5.75 Å². The Bertz CT molecular complexity index is 375. The number of rotatable bonds is 2. The standard InChI is InChI=1S/C8H5F4NO2/c9-7-2-1-6(15-8(10,11)12)3-5(7)4-13-14/h1-4,14H/b13-4+. The van der Waals surface area contributed by atoms with E-state index < -0.39 is 17.9 Å². The lowest BCUT2D eigenvalue weighted by atomic mass is 10.2. The molecule has 0 saturated carbocycles. The molecule has 0 aliphatic carbocycles. The quantitative estimate of drug-likeness (QED) is 0.362. The predicted molar refractivity (Wildman–Crippen MR) is 42.5 cm³/mol. The smallest absolute Gasteiger partial charge is 0.411 e. The van der Waals surface area contributed by atoms with Gasteiger partial charge in [-0.1, -0.05) is 5.16 Å².